The largest absolute Gasteiger partial charge is 0.493 e. The van der Waals surface area contributed by atoms with Crippen molar-refractivity contribution in [2.24, 2.45) is 0 Å². The van der Waals surface area contributed by atoms with Crippen LogP contribution in [0.1, 0.15) is 17.2 Å². The first-order chi connectivity index (χ1) is 10.2. The first-order valence-corrected chi connectivity index (χ1v) is 6.55. The second-order valence-electron chi connectivity index (χ2n) is 4.61. The van der Waals surface area contributed by atoms with E-state index in [1.165, 1.54) is 0 Å². The number of benzene rings is 2. The van der Waals surface area contributed by atoms with Gasteiger partial charge in [-0.25, -0.2) is 0 Å². The molecule has 5 heteroatoms. The van der Waals surface area contributed by atoms with Crippen molar-refractivity contribution in [3.8, 4) is 11.5 Å². The van der Waals surface area contributed by atoms with Gasteiger partial charge in [0.2, 0.25) is 6.04 Å². The fourth-order valence-electron chi connectivity index (χ4n) is 2.22. The van der Waals surface area contributed by atoms with Crippen molar-refractivity contribution in [1.82, 2.24) is 0 Å². The Kier molecular flexibility index (Phi) is 4.77. The summed E-state index contributed by atoms with van der Waals surface area (Å²) in [7, 11) is 3.10. The Morgan fingerprint density at radius 2 is 1.71 bits per heavy atom. The maximum absolute atomic E-state index is 11.3. The predicted molar refractivity (Wildman–Crippen MR) is 79.4 cm³/mol. The molecule has 2 aromatic carbocycles. The van der Waals surface area contributed by atoms with Gasteiger partial charge in [0, 0.05) is 16.9 Å². The van der Waals surface area contributed by atoms with Gasteiger partial charge in [-0.2, -0.15) is 0 Å². The van der Waals surface area contributed by atoms with E-state index >= 15 is 0 Å². The Bertz CT molecular complexity index is 613. The molecule has 0 aliphatic carbocycles. The zero-order valence-corrected chi connectivity index (χ0v) is 12.0. The van der Waals surface area contributed by atoms with Crippen molar-refractivity contribution in [3.63, 3.8) is 0 Å². The number of hydrogen-bond acceptors (Lipinski definition) is 4. The van der Waals surface area contributed by atoms with Crippen molar-refractivity contribution in [2.75, 3.05) is 14.2 Å². The molecule has 0 aliphatic heterocycles. The Hall–Kier alpha value is -2.56. The molecule has 0 saturated heterocycles. The smallest absolute Gasteiger partial charge is 0.242 e. The SMILES string of the molecule is COc1ccc(CC(c2ccccc2)[N+](=O)[O-])cc1OC. The molecular formula is C16H17NO4. The lowest BCUT2D eigenvalue weighted by atomic mass is 9.99. The van der Waals surface area contributed by atoms with E-state index < -0.39 is 6.04 Å². The summed E-state index contributed by atoms with van der Waals surface area (Å²) in [5.41, 5.74) is 1.52. The van der Waals surface area contributed by atoms with Crippen LogP contribution in [0.5, 0.6) is 11.5 Å². The Morgan fingerprint density at radius 3 is 2.29 bits per heavy atom. The summed E-state index contributed by atoms with van der Waals surface area (Å²) in [5, 5.41) is 11.3. The van der Waals surface area contributed by atoms with E-state index in [1.807, 2.05) is 12.1 Å². The van der Waals surface area contributed by atoms with Crippen LogP contribution in [0.25, 0.3) is 0 Å². The minimum absolute atomic E-state index is 0.258. The molecule has 0 saturated carbocycles. The van der Waals surface area contributed by atoms with Crippen molar-refractivity contribution in [3.05, 3.63) is 69.8 Å². The average Bonchev–Trinajstić information content (AvgIpc) is 2.52. The summed E-state index contributed by atoms with van der Waals surface area (Å²) in [6.07, 6.45) is 0.303. The Morgan fingerprint density at radius 1 is 1.05 bits per heavy atom. The van der Waals surface area contributed by atoms with Gasteiger partial charge in [0.1, 0.15) is 0 Å². The molecule has 2 rings (SSSR count). The van der Waals surface area contributed by atoms with Crippen LogP contribution in [-0.2, 0) is 6.42 Å². The van der Waals surface area contributed by atoms with Gasteiger partial charge >= 0.3 is 0 Å². The van der Waals surface area contributed by atoms with E-state index in [1.54, 1.807) is 50.6 Å². The highest BCUT2D eigenvalue weighted by Gasteiger charge is 2.23. The molecule has 1 atom stereocenters. The minimum Gasteiger partial charge on any atom is -0.493 e. The molecular weight excluding hydrogens is 270 g/mol. The van der Waals surface area contributed by atoms with Crippen LogP contribution in [0.4, 0.5) is 0 Å². The lowest BCUT2D eigenvalue weighted by molar-refractivity contribution is -0.528. The third-order valence-corrected chi connectivity index (χ3v) is 3.32. The summed E-state index contributed by atoms with van der Waals surface area (Å²) < 4.78 is 10.4. The maximum atomic E-state index is 11.3. The quantitative estimate of drug-likeness (QED) is 0.604. The number of nitrogens with zero attached hydrogens (tertiary/aromatic N) is 1. The van der Waals surface area contributed by atoms with Crippen LogP contribution in [0.3, 0.4) is 0 Å². The molecule has 2 aromatic rings. The van der Waals surface area contributed by atoms with Crippen molar-refractivity contribution in [1.29, 1.82) is 0 Å². The Labute approximate surface area is 123 Å². The molecule has 0 amide bonds. The highest BCUT2D eigenvalue weighted by molar-refractivity contribution is 5.43. The fraction of sp³-hybridized carbons (Fsp3) is 0.250. The van der Waals surface area contributed by atoms with Gasteiger partial charge < -0.3 is 9.47 Å². The molecule has 0 fully saturated rings. The van der Waals surface area contributed by atoms with Crippen molar-refractivity contribution >= 4 is 0 Å². The molecule has 0 aliphatic rings. The van der Waals surface area contributed by atoms with E-state index in [0.29, 0.717) is 23.5 Å². The van der Waals surface area contributed by atoms with Crippen LogP contribution >= 0.6 is 0 Å². The highest BCUT2D eigenvalue weighted by atomic mass is 16.6. The maximum Gasteiger partial charge on any atom is 0.242 e. The molecule has 21 heavy (non-hydrogen) atoms. The van der Waals surface area contributed by atoms with E-state index in [9.17, 15) is 10.1 Å². The molecule has 0 heterocycles. The van der Waals surface area contributed by atoms with Crippen LogP contribution in [0, 0.1) is 10.1 Å². The number of methoxy groups -OCH3 is 2. The molecule has 0 radical (unpaired) electrons. The number of hydrogen-bond donors (Lipinski definition) is 0. The van der Waals surface area contributed by atoms with Gasteiger partial charge in [-0.3, -0.25) is 10.1 Å². The molecule has 0 N–H and O–H groups in total. The predicted octanol–water partition coefficient (Wildman–Crippen LogP) is 3.26. The number of rotatable bonds is 6. The normalized spacial score (nSPS) is 11.7. The molecule has 0 aromatic heterocycles. The number of ether oxygens (including phenoxy) is 2. The second kappa shape index (κ2) is 6.74. The zero-order chi connectivity index (χ0) is 15.2. The van der Waals surface area contributed by atoms with E-state index in [-0.39, 0.29) is 4.92 Å². The highest BCUT2D eigenvalue weighted by Crippen LogP contribution is 2.30. The van der Waals surface area contributed by atoms with Crippen LogP contribution in [0.2, 0.25) is 0 Å². The van der Waals surface area contributed by atoms with E-state index in [2.05, 4.69) is 0 Å². The lowest BCUT2D eigenvalue weighted by Gasteiger charge is -2.12. The summed E-state index contributed by atoms with van der Waals surface area (Å²) in [6.45, 7) is 0. The lowest BCUT2D eigenvalue weighted by Crippen LogP contribution is -2.13. The standard InChI is InChI=1S/C16H17NO4/c1-20-15-9-8-12(11-16(15)21-2)10-14(17(18)19)13-6-4-3-5-7-13/h3-9,11,14H,10H2,1-2H3. The molecule has 0 spiro atoms. The topological polar surface area (TPSA) is 61.6 Å². The van der Waals surface area contributed by atoms with Gasteiger partial charge in [-0.05, 0) is 17.7 Å². The fourth-order valence-corrected chi connectivity index (χ4v) is 2.22. The summed E-state index contributed by atoms with van der Waals surface area (Å²) in [5.74, 6) is 1.18. The van der Waals surface area contributed by atoms with Crippen LogP contribution < -0.4 is 9.47 Å². The third kappa shape index (κ3) is 3.51. The van der Waals surface area contributed by atoms with E-state index in [4.69, 9.17) is 9.47 Å². The van der Waals surface area contributed by atoms with Crippen LogP contribution in [-0.4, -0.2) is 19.1 Å². The van der Waals surface area contributed by atoms with Gasteiger partial charge in [0.15, 0.2) is 11.5 Å². The molecule has 110 valence electrons. The first kappa shape index (κ1) is 14.8. The molecule has 5 nitrogen and oxygen atoms in total. The summed E-state index contributed by atoms with van der Waals surface area (Å²) in [4.78, 5) is 11.1. The van der Waals surface area contributed by atoms with Crippen molar-refractivity contribution in [2.45, 2.75) is 12.5 Å². The third-order valence-electron chi connectivity index (χ3n) is 3.32. The van der Waals surface area contributed by atoms with Gasteiger partial charge in [0.05, 0.1) is 14.2 Å². The second-order valence-corrected chi connectivity index (χ2v) is 4.61. The first-order valence-electron chi connectivity index (χ1n) is 6.55. The van der Waals surface area contributed by atoms with Crippen molar-refractivity contribution < 1.29 is 14.4 Å². The summed E-state index contributed by atoms with van der Waals surface area (Å²) >= 11 is 0. The minimum atomic E-state index is -0.774. The Balaban J connectivity index is 2.28. The number of nitro groups is 1. The van der Waals surface area contributed by atoms with Gasteiger partial charge in [0.25, 0.3) is 0 Å². The van der Waals surface area contributed by atoms with E-state index in [0.717, 1.165) is 5.56 Å². The van der Waals surface area contributed by atoms with Crippen LogP contribution in [0.15, 0.2) is 48.5 Å². The van der Waals surface area contributed by atoms with Gasteiger partial charge in [-0.15, -0.1) is 0 Å². The molecule has 1 unspecified atom stereocenters. The monoisotopic (exact) mass is 287 g/mol. The average molecular weight is 287 g/mol. The zero-order valence-electron chi connectivity index (χ0n) is 12.0. The van der Waals surface area contributed by atoms with Gasteiger partial charge in [-0.1, -0.05) is 36.4 Å². The summed E-state index contributed by atoms with van der Waals surface area (Å²) in [6, 6.07) is 13.6. The molecule has 0 bridgehead atoms.